The van der Waals surface area contributed by atoms with Gasteiger partial charge in [-0.05, 0) is 51.1 Å². The Morgan fingerprint density at radius 3 is 3.05 bits per heavy atom. The molecule has 4 nitrogen and oxygen atoms in total. The lowest BCUT2D eigenvalue weighted by Crippen LogP contribution is -2.51. The first-order valence-electron chi connectivity index (χ1n) is 7.56. The monoisotopic (exact) mass is 265 g/mol. The summed E-state index contributed by atoms with van der Waals surface area (Å²) in [6.07, 6.45) is 7.62. The molecule has 0 amide bonds. The highest BCUT2D eigenvalue weighted by molar-refractivity contribution is 5.00. The van der Waals surface area contributed by atoms with Crippen molar-refractivity contribution in [2.45, 2.75) is 58.0 Å². The Kier molecular flexibility index (Phi) is 4.99. The molecule has 0 spiro atoms. The number of hydrogen-bond donors (Lipinski definition) is 2. The molecule has 19 heavy (non-hydrogen) atoms. The lowest BCUT2D eigenvalue weighted by molar-refractivity contribution is 0.116. The summed E-state index contributed by atoms with van der Waals surface area (Å²) in [5.41, 5.74) is 1.17. The Morgan fingerprint density at radius 2 is 2.42 bits per heavy atom. The van der Waals surface area contributed by atoms with Crippen LogP contribution in [0.25, 0.3) is 0 Å². The predicted molar refractivity (Wildman–Crippen MR) is 77.0 cm³/mol. The molecule has 2 atom stereocenters. The lowest BCUT2D eigenvalue weighted by atomic mass is 9.85. The van der Waals surface area contributed by atoms with Gasteiger partial charge in [0.1, 0.15) is 0 Å². The van der Waals surface area contributed by atoms with Crippen LogP contribution in [0.4, 0.5) is 0 Å². The average Bonchev–Trinajstić information content (AvgIpc) is 3.01. The van der Waals surface area contributed by atoms with Gasteiger partial charge in [0, 0.05) is 24.0 Å². The second kappa shape index (κ2) is 6.53. The standard InChI is InChI=1S/C15H27N3O/c1-3-9-16-15(12-19)8-4-5-14(15)7-11-18-13(2)6-10-17-18/h6,10,14,16,19H,3-5,7-9,11-12H2,1-2H3. The van der Waals surface area contributed by atoms with Crippen LogP contribution in [0.2, 0.25) is 0 Å². The number of aliphatic hydroxyl groups is 1. The number of aliphatic hydroxyl groups excluding tert-OH is 1. The Labute approximate surface area is 116 Å². The molecule has 1 fully saturated rings. The van der Waals surface area contributed by atoms with Crippen molar-refractivity contribution in [3.8, 4) is 0 Å². The number of aryl methyl sites for hydroxylation is 2. The molecule has 2 N–H and O–H groups in total. The minimum atomic E-state index is -0.0446. The maximum atomic E-state index is 9.84. The third-order valence-electron chi connectivity index (χ3n) is 4.58. The molecule has 1 aromatic heterocycles. The van der Waals surface area contributed by atoms with Crippen LogP contribution in [-0.2, 0) is 6.54 Å². The van der Waals surface area contributed by atoms with Crippen LogP contribution in [0.5, 0.6) is 0 Å². The van der Waals surface area contributed by atoms with Crippen molar-refractivity contribution in [1.29, 1.82) is 0 Å². The van der Waals surface area contributed by atoms with Crippen LogP contribution < -0.4 is 5.32 Å². The summed E-state index contributed by atoms with van der Waals surface area (Å²) in [6.45, 7) is 6.48. The van der Waals surface area contributed by atoms with Crippen LogP contribution in [0.1, 0.15) is 44.7 Å². The third-order valence-corrected chi connectivity index (χ3v) is 4.58. The van der Waals surface area contributed by atoms with Crippen molar-refractivity contribution < 1.29 is 5.11 Å². The van der Waals surface area contributed by atoms with E-state index in [0.717, 1.165) is 32.4 Å². The Balaban J connectivity index is 1.95. The quantitative estimate of drug-likeness (QED) is 0.794. The van der Waals surface area contributed by atoms with Crippen LogP contribution in [0.3, 0.4) is 0 Å². The highest BCUT2D eigenvalue weighted by atomic mass is 16.3. The average molecular weight is 265 g/mol. The van der Waals surface area contributed by atoms with Gasteiger partial charge in [0.05, 0.1) is 6.61 Å². The molecule has 1 saturated carbocycles. The van der Waals surface area contributed by atoms with Gasteiger partial charge in [-0.15, -0.1) is 0 Å². The zero-order chi connectivity index (χ0) is 13.7. The van der Waals surface area contributed by atoms with Crippen molar-refractivity contribution in [2.75, 3.05) is 13.2 Å². The highest BCUT2D eigenvalue weighted by Crippen LogP contribution is 2.38. The number of aromatic nitrogens is 2. The fourth-order valence-electron chi connectivity index (χ4n) is 3.35. The third kappa shape index (κ3) is 3.18. The van der Waals surface area contributed by atoms with Gasteiger partial charge in [-0.2, -0.15) is 5.10 Å². The Bertz CT molecular complexity index is 390. The molecule has 1 aliphatic carbocycles. The molecule has 0 saturated heterocycles. The van der Waals surface area contributed by atoms with E-state index in [4.69, 9.17) is 0 Å². The topological polar surface area (TPSA) is 50.1 Å². The summed E-state index contributed by atoms with van der Waals surface area (Å²) in [7, 11) is 0. The zero-order valence-corrected chi connectivity index (χ0v) is 12.2. The molecule has 2 rings (SSSR count). The van der Waals surface area contributed by atoms with Crippen molar-refractivity contribution >= 4 is 0 Å². The van der Waals surface area contributed by atoms with Crippen molar-refractivity contribution in [3.63, 3.8) is 0 Å². The van der Waals surface area contributed by atoms with Crippen LogP contribution in [-0.4, -0.2) is 33.6 Å². The van der Waals surface area contributed by atoms with Crippen LogP contribution in [0, 0.1) is 12.8 Å². The Morgan fingerprint density at radius 1 is 1.58 bits per heavy atom. The van der Waals surface area contributed by atoms with E-state index in [1.54, 1.807) is 0 Å². The van der Waals surface area contributed by atoms with Crippen molar-refractivity contribution in [1.82, 2.24) is 15.1 Å². The smallest absolute Gasteiger partial charge is 0.0616 e. The first-order valence-corrected chi connectivity index (χ1v) is 7.56. The van der Waals surface area contributed by atoms with E-state index < -0.39 is 0 Å². The predicted octanol–water partition coefficient (Wildman–Crippen LogP) is 2.11. The van der Waals surface area contributed by atoms with Gasteiger partial charge >= 0.3 is 0 Å². The number of hydrogen-bond acceptors (Lipinski definition) is 3. The number of nitrogens with zero attached hydrogens (tertiary/aromatic N) is 2. The minimum Gasteiger partial charge on any atom is -0.394 e. The molecule has 2 unspecified atom stereocenters. The van der Waals surface area contributed by atoms with E-state index in [1.165, 1.54) is 18.5 Å². The molecule has 0 aromatic carbocycles. The van der Waals surface area contributed by atoms with Gasteiger partial charge in [0.25, 0.3) is 0 Å². The molecule has 0 radical (unpaired) electrons. The molecule has 0 bridgehead atoms. The molecule has 1 aliphatic rings. The zero-order valence-electron chi connectivity index (χ0n) is 12.2. The molecule has 0 aliphatic heterocycles. The molecular formula is C15H27N3O. The minimum absolute atomic E-state index is 0.0446. The van der Waals surface area contributed by atoms with Crippen molar-refractivity contribution in [3.05, 3.63) is 18.0 Å². The molecule has 1 heterocycles. The summed E-state index contributed by atoms with van der Waals surface area (Å²) >= 11 is 0. The highest BCUT2D eigenvalue weighted by Gasteiger charge is 2.41. The Hall–Kier alpha value is -0.870. The van der Waals surface area contributed by atoms with E-state index in [9.17, 15) is 5.11 Å². The second-order valence-electron chi connectivity index (χ2n) is 5.81. The van der Waals surface area contributed by atoms with Gasteiger partial charge in [-0.1, -0.05) is 13.3 Å². The SMILES string of the molecule is CCCNC1(CO)CCCC1CCn1nccc1C. The fraction of sp³-hybridized carbons (Fsp3) is 0.800. The first kappa shape index (κ1) is 14.5. The maximum absolute atomic E-state index is 9.84. The van der Waals surface area contributed by atoms with Crippen LogP contribution in [0.15, 0.2) is 12.3 Å². The van der Waals surface area contributed by atoms with E-state index in [-0.39, 0.29) is 12.1 Å². The molecular weight excluding hydrogens is 238 g/mol. The molecule has 108 valence electrons. The fourth-order valence-corrected chi connectivity index (χ4v) is 3.35. The summed E-state index contributed by atoms with van der Waals surface area (Å²) < 4.78 is 2.07. The van der Waals surface area contributed by atoms with Gasteiger partial charge in [-0.25, -0.2) is 0 Å². The van der Waals surface area contributed by atoms with Crippen molar-refractivity contribution in [2.24, 2.45) is 5.92 Å². The van der Waals surface area contributed by atoms with E-state index in [0.29, 0.717) is 5.92 Å². The number of rotatable bonds is 7. The summed E-state index contributed by atoms with van der Waals surface area (Å²) in [5, 5.41) is 17.8. The summed E-state index contributed by atoms with van der Waals surface area (Å²) in [6, 6.07) is 2.04. The van der Waals surface area contributed by atoms with Gasteiger partial charge in [-0.3, -0.25) is 4.68 Å². The molecule has 4 heteroatoms. The second-order valence-corrected chi connectivity index (χ2v) is 5.81. The first-order chi connectivity index (χ1) is 9.22. The summed E-state index contributed by atoms with van der Waals surface area (Å²) in [4.78, 5) is 0. The normalized spacial score (nSPS) is 27.0. The lowest BCUT2D eigenvalue weighted by Gasteiger charge is -2.35. The van der Waals surface area contributed by atoms with E-state index in [2.05, 4.69) is 28.9 Å². The summed E-state index contributed by atoms with van der Waals surface area (Å²) in [5.74, 6) is 0.563. The maximum Gasteiger partial charge on any atom is 0.0616 e. The molecule has 1 aromatic rings. The van der Waals surface area contributed by atoms with Gasteiger partial charge in [0.15, 0.2) is 0 Å². The van der Waals surface area contributed by atoms with Gasteiger partial charge < -0.3 is 10.4 Å². The van der Waals surface area contributed by atoms with E-state index >= 15 is 0 Å². The van der Waals surface area contributed by atoms with Gasteiger partial charge in [0.2, 0.25) is 0 Å². The van der Waals surface area contributed by atoms with E-state index in [1.807, 2.05) is 12.3 Å². The van der Waals surface area contributed by atoms with Crippen LogP contribution >= 0.6 is 0 Å². The largest absolute Gasteiger partial charge is 0.394 e. The number of nitrogens with one attached hydrogen (secondary N) is 1.